The highest BCUT2D eigenvalue weighted by Crippen LogP contribution is 2.21. The Hall–Kier alpha value is -2.58. The number of hydrogen-bond acceptors (Lipinski definition) is 5. The van der Waals surface area contributed by atoms with Crippen molar-refractivity contribution in [2.24, 2.45) is 5.73 Å². The van der Waals surface area contributed by atoms with Crippen LogP contribution in [0.15, 0.2) is 49.1 Å². The molecule has 2 aromatic heterocycles. The number of benzene rings is 1. The van der Waals surface area contributed by atoms with Crippen molar-refractivity contribution in [1.29, 1.82) is 0 Å². The lowest BCUT2D eigenvalue weighted by Gasteiger charge is -2.14. The van der Waals surface area contributed by atoms with Crippen molar-refractivity contribution in [2.45, 2.75) is 25.2 Å². The summed E-state index contributed by atoms with van der Waals surface area (Å²) in [6, 6.07) is 6.68. The van der Waals surface area contributed by atoms with Gasteiger partial charge in [-0.1, -0.05) is 17.3 Å². The van der Waals surface area contributed by atoms with E-state index in [1.54, 1.807) is 18.3 Å². The number of rotatable bonds is 5. The average molecular weight is 341 g/mol. The second-order valence-corrected chi connectivity index (χ2v) is 6.48. The number of likely N-dealkylation sites (tertiary alicyclic amines) is 1. The van der Waals surface area contributed by atoms with Crippen LogP contribution >= 0.6 is 0 Å². The van der Waals surface area contributed by atoms with E-state index in [1.165, 1.54) is 12.1 Å². The van der Waals surface area contributed by atoms with Gasteiger partial charge >= 0.3 is 0 Å². The number of halogens is 1. The molecule has 1 aliphatic heterocycles. The van der Waals surface area contributed by atoms with Gasteiger partial charge in [0.05, 0.1) is 25.0 Å². The topological polar surface area (TPSA) is 77.8 Å². The van der Waals surface area contributed by atoms with Crippen molar-refractivity contribution >= 4 is 0 Å². The van der Waals surface area contributed by atoms with E-state index in [0.717, 1.165) is 30.8 Å². The Morgan fingerprint density at radius 1 is 1.12 bits per heavy atom. The molecule has 0 bridgehead atoms. The van der Waals surface area contributed by atoms with Gasteiger partial charge in [0, 0.05) is 43.6 Å². The number of aromatic nitrogens is 5. The predicted octanol–water partition coefficient (Wildman–Crippen LogP) is 1.05. The van der Waals surface area contributed by atoms with Gasteiger partial charge in [0.2, 0.25) is 0 Å². The Bertz CT molecular complexity index is 812. The van der Waals surface area contributed by atoms with Gasteiger partial charge in [0.15, 0.2) is 0 Å². The summed E-state index contributed by atoms with van der Waals surface area (Å²) < 4.78 is 16.7. The minimum Gasteiger partial charge on any atom is -0.325 e. The van der Waals surface area contributed by atoms with Crippen molar-refractivity contribution in [3.8, 4) is 0 Å². The van der Waals surface area contributed by atoms with E-state index in [4.69, 9.17) is 5.73 Å². The smallest absolute Gasteiger partial charge is 0.123 e. The molecular formula is C17H20FN7. The summed E-state index contributed by atoms with van der Waals surface area (Å²) in [5.74, 6) is -0.225. The lowest BCUT2D eigenvalue weighted by molar-refractivity contribution is 0.310. The molecule has 0 amide bonds. The van der Waals surface area contributed by atoms with Gasteiger partial charge in [-0.2, -0.15) is 5.10 Å². The first-order valence-corrected chi connectivity index (χ1v) is 8.27. The van der Waals surface area contributed by atoms with Crippen molar-refractivity contribution in [3.63, 3.8) is 0 Å². The van der Waals surface area contributed by atoms with Crippen LogP contribution in [0.3, 0.4) is 0 Å². The zero-order valence-corrected chi connectivity index (χ0v) is 13.7. The van der Waals surface area contributed by atoms with Crippen molar-refractivity contribution in [2.75, 3.05) is 13.1 Å². The molecule has 1 saturated heterocycles. The third-order valence-electron chi connectivity index (χ3n) is 4.54. The molecule has 1 aliphatic rings. The van der Waals surface area contributed by atoms with Gasteiger partial charge < -0.3 is 5.73 Å². The van der Waals surface area contributed by atoms with Crippen LogP contribution in [-0.2, 0) is 13.1 Å². The zero-order chi connectivity index (χ0) is 17.2. The predicted molar refractivity (Wildman–Crippen MR) is 90.0 cm³/mol. The second kappa shape index (κ2) is 6.73. The fourth-order valence-corrected chi connectivity index (χ4v) is 3.31. The van der Waals surface area contributed by atoms with Gasteiger partial charge in [-0.05, 0) is 17.7 Å². The van der Waals surface area contributed by atoms with Gasteiger partial charge in [0.25, 0.3) is 0 Å². The Morgan fingerprint density at radius 2 is 1.96 bits per heavy atom. The molecule has 2 atom stereocenters. The second-order valence-electron chi connectivity index (χ2n) is 6.48. The van der Waals surface area contributed by atoms with E-state index in [1.807, 2.05) is 28.0 Å². The molecule has 2 N–H and O–H groups in total. The van der Waals surface area contributed by atoms with E-state index >= 15 is 0 Å². The Balaban J connectivity index is 1.37. The molecule has 0 spiro atoms. The number of nitrogens with two attached hydrogens (primary N) is 1. The van der Waals surface area contributed by atoms with Crippen LogP contribution in [0.1, 0.15) is 17.2 Å². The van der Waals surface area contributed by atoms with Crippen LogP contribution in [-0.4, -0.2) is 48.8 Å². The van der Waals surface area contributed by atoms with Crippen LogP contribution in [0.2, 0.25) is 0 Å². The van der Waals surface area contributed by atoms with Crippen LogP contribution in [0.5, 0.6) is 0 Å². The molecule has 0 saturated carbocycles. The highest BCUT2D eigenvalue weighted by atomic mass is 19.1. The first-order valence-electron chi connectivity index (χ1n) is 8.27. The number of nitrogens with zero attached hydrogens (tertiary/aromatic N) is 6. The molecule has 3 heterocycles. The van der Waals surface area contributed by atoms with Crippen molar-refractivity contribution < 1.29 is 4.39 Å². The highest BCUT2D eigenvalue weighted by Gasteiger charge is 2.32. The Morgan fingerprint density at radius 3 is 2.72 bits per heavy atom. The van der Waals surface area contributed by atoms with E-state index in [0.29, 0.717) is 6.54 Å². The minimum atomic E-state index is -0.225. The van der Waals surface area contributed by atoms with Gasteiger partial charge in [-0.15, -0.1) is 5.10 Å². The van der Waals surface area contributed by atoms with Crippen LogP contribution < -0.4 is 5.73 Å². The molecular weight excluding hydrogens is 321 g/mol. The van der Waals surface area contributed by atoms with E-state index in [-0.39, 0.29) is 17.9 Å². The summed E-state index contributed by atoms with van der Waals surface area (Å²) in [7, 11) is 0. The molecule has 3 aromatic rings. The van der Waals surface area contributed by atoms with Crippen molar-refractivity contribution in [1.82, 2.24) is 29.7 Å². The van der Waals surface area contributed by atoms with Gasteiger partial charge in [-0.3, -0.25) is 9.58 Å². The fourth-order valence-electron chi connectivity index (χ4n) is 3.31. The third-order valence-corrected chi connectivity index (χ3v) is 4.54. The zero-order valence-electron chi connectivity index (χ0n) is 13.7. The molecule has 0 unspecified atom stereocenters. The molecule has 1 fully saturated rings. The summed E-state index contributed by atoms with van der Waals surface area (Å²) in [6.45, 7) is 3.07. The molecule has 25 heavy (non-hydrogen) atoms. The normalized spacial score (nSPS) is 21.0. The summed E-state index contributed by atoms with van der Waals surface area (Å²) in [4.78, 5) is 2.30. The summed E-state index contributed by atoms with van der Waals surface area (Å²) in [5, 5.41) is 12.3. The molecule has 7 nitrogen and oxygen atoms in total. The van der Waals surface area contributed by atoms with Crippen LogP contribution in [0.4, 0.5) is 4.39 Å². The minimum absolute atomic E-state index is 0.0379. The lowest BCUT2D eigenvalue weighted by atomic mass is 10.2. The van der Waals surface area contributed by atoms with Crippen LogP contribution in [0.25, 0.3) is 0 Å². The van der Waals surface area contributed by atoms with E-state index in [9.17, 15) is 4.39 Å². The monoisotopic (exact) mass is 341 g/mol. The molecule has 8 heteroatoms. The first kappa shape index (κ1) is 15.9. The molecule has 130 valence electrons. The largest absolute Gasteiger partial charge is 0.325 e. The Kier molecular flexibility index (Phi) is 4.29. The summed E-state index contributed by atoms with van der Waals surface area (Å²) >= 11 is 0. The molecule has 4 rings (SSSR count). The maximum Gasteiger partial charge on any atom is 0.123 e. The SMILES string of the molecule is N[C@@H]1CN(Cc2cnn(Cc3ccc(F)cc3)c2)C[C@@H]1n1ccnn1. The maximum atomic E-state index is 13.0. The summed E-state index contributed by atoms with van der Waals surface area (Å²) in [6.07, 6.45) is 7.43. The van der Waals surface area contributed by atoms with E-state index < -0.39 is 0 Å². The molecule has 1 aromatic carbocycles. The van der Waals surface area contributed by atoms with Gasteiger partial charge in [0.1, 0.15) is 5.82 Å². The molecule has 0 aliphatic carbocycles. The summed E-state index contributed by atoms with van der Waals surface area (Å²) in [5.41, 5.74) is 8.40. The first-order chi connectivity index (χ1) is 12.2. The molecule has 0 radical (unpaired) electrons. The quantitative estimate of drug-likeness (QED) is 0.750. The fraction of sp³-hybridized carbons (Fsp3) is 0.353. The lowest BCUT2D eigenvalue weighted by Crippen LogP contribution is -2.31. The van der Waals surface area contributed by atoms with Crippen LogP contribution in [0, 0.1) is 5.82 Å². The Labute approximate surface area is 144 Å². The van der Waals surface area contributed by atoms with Crippen molar-refractivity contribution in [3.05, 3.63) is 66.0 Å². The maximum absolute atomic E-state index is 13.0. The third kappa shape index (κ3) is 3.59. The highest BCUT2D eigenvalue weighted by molar-refractivity contribution is 5.17. The standard InChI is InChI=1S/C17H20FN7/c18-15-3-1-13(2-4-15)9-24-10-14(7-21-24)8-23-11-16(19)17(12-23)25-6-5-20-22-25/h1-7,10,16-17H,8-9,11-12,19H2/t16-,17+/m1/s1. The average Bonchev–Trinajstić information content (AvgIpc) is 3.32. The number of hydrogen-bond donors (Lipinski definition) is 1. The van der Waals surface area contributed by atoms with E-state index in [2.05, 4.69) is 20.3 Å². The van der Waals surface area contributed by atoms with Gasteiger partial charge in [-0.25, -0.2) is 9.07 Å².